The molecule has 0 amide bonds. The molecular formula is C13H22N4O2. The molecule has 1 aliphatic carbocycles. The maximum Gasteiger partial charge on any atom is 0.333 e. The molecule has 1 fully saturated rings. The first-order valence-corrected chi connectivity index (χ1v) is 6.84. The van der Waals surface area contributed by atoms with E-state index in [1.165, 1.54) is 6.42 Å². The van der Waals surface area contributed by atoms with E-state index in [0.717, 1.165) is 18.8 Å². The highest BCUT2D eigenvalue weighted by molar-refractivity contribution is 5.59. The van der Waals surface area contributed by atoms with Gasteiger partial charge in [0.1, 0.15) is 5.69 Å². The standard InChI is InChI=1S/C13H22N4O2/c1-8-5-6-11(7-9(8)2)14-13-12(17(18)19)10(3)15-16(13)4/h8-9,11,14H,5-7H2,1-4H3. The van der Waals surface area contributed by atoms with Crippen LogP contribution in [-0.2, 0) is 7.05 Å². The topological polar surface area (TPSA) is 73.0 Å². The molecule has 0 bridgehead atoms. The van der Waals surface area contributed by atoms with E-state index in [0.29, 0.717) is 23.5 Å². The average molecular weight is 266 g/mol. The van der Waals surface area contributed by atoms with E-state index in [4.69, 9.17) is 0 Å². The molecule has 3 unspecified atom stereocenters. The summed E-state index contributed by atoms with van der Waals surface area (Å²) in [5, 5.41) is 18.6. The lowest BCUT2D eigenvalue weighted by Gasteiger charge is -2.32. The van der Waals surface area contributed by atoms with E-state index in [2.05, 4.69) is 24.3 Å². The van der Waals surface area contributed by atoms with Crippen LogP contribution in [0.1, 0.15) is 38.8 Å². The third kappa shape index (κ3) is 2.72. The van der Waals surface area contributed by atoms with Crippen LogP contribution in [0.3, 0.4) is 0 Å². The van der Waals surface area contributed by atoms with Crippen molar-refractivity contribution in [2.45, 2.75) is 46.1 Å². The number of rotatable bonds is 3. The van der Waals surface area contributed by atoms with Crippen LogP contribution in [0.4, 0.5) is 11.5 Å². The first-order valence-electron chi connectivity index (χ1n) is 6.84. The summed E-state index contributed by atoms with van der Waals surface area (Å²) in [6, 6.07) is 0.305. The number of nitro groups is 1. The van der Waals surface area contributed by atoms with Crippen molar-refractivity contribution in [3.63, 3.8) is 0 Å². The lowest BCUT2D eigenvalue weighted by atomic mass is 9.79. The van der Waals surface area contributed by atoms with Crippen molar-refractivity contribution < 1.29 is 4.92 Å². The van der Waals surface area contributed by atoms with E-state index in [1.807, 2.05) is 0 Å². The second kappa shape index (κ2) is 5.19. The number of aryl methyl sites for hydroxylation is 2. The van der Waals surface area contributed by atoms with E-state index >= 15 is 0 Å². The zero-order valence-corrected chi connectivity index (χ0v) is 12.0. The van der Waals surface area contributed by atoms with Crippen molar-refractivity contribution >= 4 is 11.5 Å². The van der Waals surface area contributed by atoms with Crippen molar-refractivity contribution in [2.75, 3.05) is 5.32 Å². The normalized spacial score (nSPS) is 27.3. The van der Waals surface area contributed by atoms with Crippen molar-refractivity contribution in [1.82, 2.24) is 9.78 Å². The molecule has 0 radical (unpaired) electrons. The lowest BCUT2D eigenvalue weighted by molar-refractivity contribution is -0.384. The Morgan fingerprint density at radius 3 is 2.63 bits per heavy atom. The van der Waals surface area contributed by atoms with E-state index in [1.54, 1.807) is 18.7 Å². The SMILES string of the molecule is Cc1nn(C)c(NC2CCC(C)C(C)C2)c1[N+](=O)[O-]. The summed E-state index contributed by atoms with van der Waals surface area (Å²) in [5.41, 5.74) is 0.570. The van der Waals surface area contributed by atoms with Gasteiger partial charge in [-0.1, -0.05) is 13.8 Å². The van der Waals surface area contributed by atoms with Gasteiger partial charge in [0, 0.05) is 13.1 Å². The molecule has 106 valence electrons. The summed E-state index contributed by atoms with van der Waals surface area (Å²) < 4.78 is 1.58. The predicted octanol–water partition coefficient (Wildman–Crippen LogP) is 2.87. The molecule has 1 heterocycles. The van der Waals surface area contributed by atoms with Gasteiger partial charge >= 0.3 is 5.69 Å². The molecule has 19 heavy (non-hydrogen) atoms. The second-order valence-corrected chi connectivity index (χ2v) is 5.77. The van der Waals surface area contributed by atoms with E-state index in [9.17, 15) is 10.1 Å². The monoisotopic (exact) mass is 266 g/mol. The van der Waals surface area contributed by atoms with E-state index < -0.39 is 0 Å². The molecule has 0 aliphatic heterocycles. The van der Waals surface area contributed by atoms with Gasteiger partial charge in [-0.05, 0) is 38.0 Å². The Balaban J connectivity index is 2.17. The minimum Gasteiger partial charge on any atom is -0.362 e. The van der Waals surface area contributed by atoms with Crippen molar-refractivity contribution in [2.24, 2.45) is 18.9 Å². The van der Waals surface area contributed by atoms with Gasteiger partial charge in [-0.25, -0.2) is 4.68 Å². The Bertz CT molecular complexity index is 483. The highest BCUT2D eigenvalue weighted by atomic mass is 16.6. The highest BCUT2D eigenvalue weighted by Gasteiger charge is 2.29. The molecule has 2 rings (SSSR count). The number of aromatic nitrogens is 2. The number of nitrogens with zero attached hydrogens (tertiary/aromatic N) is 3. The number of hydrogen-bond acceptors (Lipinski definition) is 4. The van der Waals surface area contributed by atoms with Gasteiger partial charge in [0.05, 0.1) is 4.92 Å². The molecular weight excluding hydrogens is 244 g/mol. The minimum absolute atomic E-state index is 0.105. The Morgan fingerprint density at radius 2 is 2.05 bits per heavy atom. The summed E-state index contributed by atoms with van der Waals surface area (Å²) in [6.07, 6.45) is 3.29. The molecule has 3 atom stereocenters. The Hall–Kier alpha value is -1.59. The van der Waals surface area contributed by atoms with Gasteiger partial charge in [-0.15, -0.1) is 0 Å². The van der Waals surface area contributed by atoms with Gasteiger partial charge in [-0.2, -0.15) is 5.10 Å². The molecule has 1 saturated carbocycles. The highest BCUT2D eigenvalue weighted by Crippen LogP contribution is 2.34. The van der Waals surface area contributed by atoms with Gasteiger partial charge in [0.25, 0.3) is 0 Å². The zero-order chi connectivity index (χ0) is 14.2. The molecule has 1 aromatic heterocycles. The summed E-state index contributed by atoms with van der Waals surface area (Å²) >= 11 is 0. The number of nitrogens with one attached hydrogen (secondary N) is 1. The van der Waals surface area contributed by atoms with Crippen molar-refractivity contribution in [3.8, 4) is 0 Å². The maximum atomic E-state index is 11.1. The van der Waals surface area contributed by atoms with E-state index in [-0.39, 0.29) is 10.6 Å². The maximum absolute atomic E-state index is 11.1. The lowest BCUT2D eigenvalue weighted by Crippen LogP contribution is -2.31. The quantitative estimate of drug-likeness (QED) is 0.674. The number of hydrogen-bond donors (Lipinski definition) is 1. The van der Waals surface area contributed by atoms with Crippen LogP contribution in [-0.4, -0.2) is 20.7 Å². The van der Waals surface area contributed by atoms with Crippen LogP contribution in [0.15, 0.2) is 0 Å². The average Bonchev–Trinajstić information content (AvgIpc) is 2.59. The third-order valence-electron chi connectivity index (χ3n) is 4.31. The minimum atomic E-state index is -0.348. The molecule has 1 N–H and O–H groups in total. The second-order valence-electron chi connectivity index (χ2n) is 5.77. The molecule has 0 saturated heterocycles. The summed E-state index contributed by atoms with van der Waals surface area (Å²) in [5.74, 6) is 1.93. The molecule has 0 spiro atoms. The summed E-state index contributed by atoms with van der Waals surface area (Å²) in [7, 11) is 1.75. The van der Waals surface area contributed by atoms with Crippen molar-refractivity contribution in [1.29, 1.82) is 0 Å². The van der Waals surface area contributed by atoms with Crippen LogP contribution >= 0.6 is 0 Å². The van der Waals surface area contributed by atoms with Crippen LogP contribution in [0, 0.1) is 28.9 Å². The van der Waals surface area contributed by atoms with Crippen LogP contribution in [0.5, 0.6) is 0 Å². The molecule has 6 heteroatoms. The van der Waals surface area contributed by atoms with Crippen LogP contribution in [0.25, 0.3) is 0 Å². The Kier molecular flexibility index (Phi) is 3.78. The van der Waals surface area contributed by atoms with Crippen LogP contribution in [0.2, 0.25) is 0 Å². The first kappa shape index (κ1) is 13.8. The summed E-state index contributed by atoms with van der Waals surface area (Å²) in [4.78, 5) is 10.8. The van der Waals surface area contributed by atoms with Gasteiger partial charge in [0.2, 0.25) is 5.82 Å². The zero-order valence-electron chi connectivity index (χ0n) is 12.0. The number of anilines is 1. The first-order chi connectivity index (χ1) is 8.90. The molecule has 6 nitrogen and oxygen atoms in total. The predicted molar refractivity (Wildman–Crippen MR) is 74.2 cm³/mol. The van der Waals surface area contributed by atoms with Crippen LogP contribution < -0.4 is 5.32 Å². The smallest absolute Gasteiger partial charge is 0.333 e. The van der Waals surface area contributed by atoms with Gasteiger partial charge < -0.3 is 5.32 Å². The van der Waals surface area contributed by atoms with Gasteiger partial charge in [0.15, 0.2) is 0 Å². The van der Waals surface area contributed by atoms with Gasteiger partial charge in [-0.3, -0.25) is 10.1 Å². The molecule has 1 aromatic rings. The largest absolute Gasteiger partial charge is 0.362 e. The summed E-state index contributed by atoms with van der Waals surface area (Å²) in [6.45, 7) is 6.20. The third-order valence-corrected chi connectivity index (χ3v) is 4.31. The molecule has 0 aromatic carbocycles. The molecule has 1 aliphatic rings. The van der Waals surface area contributed by atoms with Crippen molar-refractivity contribution in [3.05, 3.63) is 15.8 Å². The Labute approximate surface area is 113 Å². The fourth-order valence-corrected chi connectivity index (χ4v) is 2.90. The fourth-order valence-electron chi connectivity index (χ4n) is 2.90. The fraction of sp³-hybridized carbons (Fsp3) is 0.769. The Morgan fingerprint density at radius 1 is 1.37 bits per heavy atom.